The van der Waals surface area contributed by atoms with Crippen LogP contribution < -0.4 is 4.74 Å². The van der Waals surface area contributed by atoms with Gasteiger partial charge in [0.05, 0.1) is 24.4 Å². The first-order valence-electron chi connectivity index (χ1n) is 10.7. The van der Waals surface area contributed by atoms with Gasteiger partial charge in [0.25, 0.3) is 5.91 Å². The van der Waals surface area contributed by atoms with Crippen molar-refractivity contribution in [3.8, 4) is 17.0 Å². The fraction of sp³-hybridized carbons (Fsp3) is 0.375. The SMILES string of the molecule is Cc1cc2c(cc1Cc1ccc(-c3cn(C)nn3)cc1)C(=O)N(CC1CCCO1)CO2. The molecule has 2 aliphatic heterocycles. The molecule has 0 spiro atoms. The Labute approximate surface area is 181 Å². The van der Waals surface area contributed by atoms with Gasteiger partial charge >= 0.3 is 0 Å². The summed E-state index contributed by atoms with van der Waals surface area (Å²) in [6.45, 7) is 3.72. The molecule has 1 aromatic heterocycles. The largest absolute Gasteiger partial charge is 0.472 e. The van der Waals surface area contributed by atoms with E-state index in [1.807, 2.05) is 25.4 Å². The van der Waals surface area contributed by atoms with Gasteiger partial charge < -0.3 is 14.4 Å². The summed E-state index contributed by atoms with van der Waals surface area (Å²) < 4.78 is 13.3. The Morgan fingerprint density at radius 1 is 1.19 bits per heavy atom. The van der Waals surface area contributed by atoms with Gasteiger partial charge in [-0.1, -0.05) is 29.5 Å². The van der Waals surface area contributed by atoms with E-state index in [4.69, 9.17) is 9.47 Å². The van der Waals surface area contributed by atoms with Crippen LogP contribution in [0, 0.1) is 6.92 Å². The van der Waals surface area contributed by atoms with Crippen molar-refractivity contribution in [1.82, 2.24) is 19.9 Å². The van der Waals surface area contributed by atoms with E-state index in [-0.39, 0.29) is 18.7 Å². The number of ether oxygens (including phenoxy) is 2. The molecule has 1 saturated heterocycles. The molecule has 31 heavy (non-hydrogen) atoms. The fourth-order valence-electron chi connectivity index (χ4n) is 4.24. The highest BCUT2D eigenvalue weighted by Crippen LogP contribution is 2.30. The topological polar surface area (TPSA) is 69.5 Å². The number of rotatable bonds is 5. The predicted octanol–water partition coefficient (Wildman–Crippen LogP) is 3.35. The molecule has 7 heteroatoms. The highest BCUT2D eigenvalue weighted by molar-refractivity contribution is 5.98. The fourth-order valence-corrected chi connectivity index (χ4v) is 4.24. The van der Waals surface area contributed by atoms with Crippen molar-refractivity contribution in [1.29, 1.82) is 0 Å². The van der Waals surface area contributed by atoms with E-state index in [1.165, 1.54) is 5.56 Å². The number of carbonyl (C=O) groups is 1. The number of aromatic nitrogens is 3. The Hall–Kier alpha value is -3.19. The molecule has 1 unspecified atom stereocenters. The summed E-state index contributed by atoms with van der Waals surface area (Å²) in [4.78, 5) is 14.9. The molecule has 160 valence electrons. The van der Waals surface area contributed by atoms with Crippen molar-refractivity contribution >= 4 is 5.91 Å². The molecule has 2 aliphatic rings. The Balaban J connectivity index is 1.34. The van der Waals surface area contributed by atoms with E-state index in [2.05, 4.69) is 41.5 Å². The molecule has 0 bridgehead atoms. The van der Waals surface area contributed by atoms with Crippen LogP contribution in [0.3, 0.4) is 0 Å². The molecule has 2 aromatic carbocycles. The molecule has 0 N–H and O–H groups in total. The zero-order valence-corrected chi connectivity index (χ0v) is 17.9. The third-order valence-electron chi connectivity index (χ3n) is 6.03. The Morgan fingerprint density at radius 3 is 2.74 bits per heavy atom. The molecule has 5 rings (SSSR count). The maximum absolute atomic E-state index is 13.1. The van der Waals surface area contributed by atoms with Gasteiger partial charge in [-0.25, -0.2) is 0 Å². The van der Waals surface area contributed by atoms with Crippen LogP contribution in [-0.2, 0) is 18.2 Å². The van der Waals surface area contributed by atoms with Crippen LogP contribution in [0.2, 0.25) is 0 Å². The summed E-state index contributed by atoms with van der Waals surface area (Å²) in [5.41, 5.74) is 5.96. The zero-order valence-electron chi connectivity index (χ0n) is 17.9. The average molecular weight is 418 g/mol. The lowest BCUT2D eigenvalue weighted by Gasteiger charge is -2.31. The molecule has 3 heterocycles. The van der Waals surface area contributed by atoms with Crippen molar-refractivity contribution in [2.75, 3.05) is 19.9 Å². The molecule has 1 atom stereocenters. The molecule has 3 aromatic rings. The van der Waals surface area contributed by atoms with E-state index >= 15 is 0 Å². The summed E-state index contributed by atoms with van der Waals surface area (Å²) >= 11 is 0. The first-order chi connectivity index (χ1) is 15.1. The van der Waals surface area contributed by atoms with Crippen molar-refractivity contribution < 1.29 is 14.3 Å². The lowest BCUT2D eigenvalue weighted by molar-refractivity contribution is 0.0261. The average Bonchev–Trinajstić information content (AvgIpc) is 3.44. The summed E-state index contributed by atoms with van der Waals surface area (Å²) in [6.07, 6.45) is 4.82. The molecule has 0 radical (unpaired) electrons. The van der Waals surface area contributed by atoms with Crippen LogP contribution in [0.5, 0.6) is 5.75 Å². The van der Waals surface area contributed by atoms with Crippen molar-refractivity contribution in [3.63, 3.8) is 0 Å². The minimum atomic E-state index is 0.0241. The summed E-state index contributed by atoms with van der Waals surface area (Å²) in [5.74, 6) is 0.698. The minimum absolute atomic E-state index is 0.0241. The van der Waals surface area contributed by atoms with Gasteiger partial charge in [0.15, 0.2) is 6.73 Å². The van der Waals surface area contributed by atoms with Crippen LogP contribution in [0.25, 0.3) is 11.3 Å². The molecule has 1 amide bonds. The number of benzene rings is 2. The van der Waals surface area contributed by atoms with Gasteiger partial charge in [-0.15, -0.1) is 5.10 Å². The Bertz CT molecular complexity index is 1100. The second-order valence-electron chi connectivity index (χ2n) is 8.36. The number of carbonyl (C=O) groups excluding carboxylic acids is 1. The standard InChI is InChI=1S/C24H26N4O3/c1-16-10-23-21(24(29)28(15-31-23)13-20-4-3-9-30-20)12-19(16)11-17-5-7-18(8-6-17)22-14-27(2)26-25-22/h5-8,10,12,14,20H,3-4,9,11,13,15H2,1-2H3. The summed E-state index contributed by atoms with van der Waals surface area (Å²) in [6, 6.07) is 12.3. The van der Waals surface area contributed by atoms with Crippen molar-refractivity contribution in [2.45, 2.75) is 32.3 Å². The highest BCUT2D eigenvalue weighted by Gasteiger charge is 2.29. The van der Waals surface area contributed by atoms with Crippen LogP contribution in [0.4, 0.5) is 0 Å². The third-order valence-corrected chi connectivity index (χ3v) is 6.03. The van der Waals surface area contributed by atoms with Gasteiger partial charge in [-0.3, -0.25) is 9.48 Å². The van der Waals surface area contributed by atoms with Crippen molar-refractivity contribution in [2.24, 2.45) is 7.05 Å². The van der Waals surface area contributed by atoms with Crippen LogP contribution in [0.15, 0.2) is 42.6 Å². The van der Waals surface area contributed by atoms with Crippen LogP contribution >= 0.6 is 0 Å². The zero-order chi connectivity index (χ0) is 21.4. The van der Waals surface area contributed by atoms with Gasteiger partial charge in [-0.2, -0.15) is 0 Å². The molecule has 0 saturated carbocycles. The highest BCUT2D eigenvalue weighted by atomic mass is 16.5. The quantitative estimate of drug-likeness (QED) is 0.636. The number of amides is 1. The first-order valence-corrected chi connectivity index (χ1v) is 10.7. The van der Waals surface area contributed by atoms with E-state index < -0.39 is 0 Å². The predicted molar refractivity (Wildman–Crippen MR) is 116 cm³/mol. The van der Waals surface area contributed by atoms with Crippen molar-refractivity contribution in [3.05, 3.63) is 64.8 Å². The monoisotopic (exact) mass is 418 g/mol. The lowest BCUT2D eigenvalue weighted by atomic mass is 9.96. The smallest absolute Gasteiger partial charge is 0.260 e. The maximum atomic E-state index is 13.1. The minimum Gasteiger partial charge on any atom is -0.472 e. The van der Waals surface area contributed by atoms with Crippen LogP contribution in [-0.4, -0.2) is 51.8 Å². The Kier molecular flexibility index (Phi) is 5.19. The van der Waals surface area contributed by atoms with E-state index in [0.717, 1.165) is 48.3 Å². The van der Waals surface area contributed by atoms with E-state index in [9.17, 15) is 4.79 Å². The molecule has 1 fully saturated rings. The van der Waals surface area contributed by atoms with Gasteiger partial charge in [0.1, 0.15) is 11.4 Å². The molecule has 7 nitrogen and oxygen atoms in total. The number of fused-ring (bicyclic) bond motifs is 1. The van der Waals surface area contributed by atoms with E-state index in [0.29, 0.717) is 17.9 Å². The normalized spacial score (nSPS) is 18.2. The van der Waals surface area contributed by atoms with Gasteiger partial charge in [0, 0.05) is 19.2 Å². The Morgan fingerprint density at radius 2 is 2.03 bits per heavy atom. The number of aryl methyl sites for hydroxylation is 2. The van der Waals surface area contributed by atoms with Gasteiger partial charge in [0.2, 0.25) is 0 Å². The number of hydrogen-bond donors (Lipinski definition) is 0. The first kappa shape index (κ1) is 19.8. The third kappa shape index (κ3) is 4.05. The summed E-state index contributed by atoms with van der Waals surface area (Å²) in [5, 5.41) is 8.15. The molecular formula is C24H26N4O3. The molecular weight excluding hydrogens is 392 g/mol. The lowest BCUT2D eigenvalue weighted by Crippen LogP contribution is -2.43. The number of nitrogens with zero attached hydrogens (tertiary/aromatic N) is 4. The second kappa shape index (κ2) is 8.15. The molecule has 0 aliphatic carbocycles. The van der Waals surface area contributed by atoms with Gasteiger partial charge in [-0.05, 0) is 55.0 Å². The van der Waals surface area contributed by atoms with Crippen LogP contribution in [0.1, 0.15) is 39.9 Å². The summed E-state index contributed by atoms with van der Waals surface area (Å²) in [7, 11) is 1.86. The second-order valence-corrected chi connectivity index (χ2v) is 8.36. The maximum Gasteiger partial charge on any atom is 0.260 e. The van der Waals surface area contributed by atoms with E-state index in [1.54, 1.807) is 9.58 Å². The number of hydrogen-bond acceptors (Lipinski definition) is 5.